The molecule has 2 rings (SSSR count). The summed E-state index contributed by atoms with van der Waals surface area (Å²) < 4.78 is 5.99. The molecule has 0 N–H and O–H groups in total. The van der Waals surface area contributed by atoms with Gasteiger partial charge in [0.15, 0.2) is 0 Å². The molecule has 0 aliphatic carbocycles. The topological polar surface area (TPSA) is 15.7 Å². The highest BCUT2D eigenvalue weighted by Gasteiger charge is 2.31. The number of ether oxygens (including phenoxy) is 1. The first kappa shape index (κ1) is 14.4. The van der Waals surface area contributed by atoms with Crippen LogP contribution in [0.5, 0.6) is 5.75 Å². The minimum atomic E-state index is 0.364. The van der Waals surface area contributed by atoms with E-state index >= 15 is 0 Å². The minimum absolute atomic E-state index is 0.364. The molecule has 0 radical (unpaired) electrons. The second-order valence-electron chi connectivity index (χ2n) is 5.95. The van der Waals surface area contributed by atoms with Crippen molar-refractivity contribution in [3.8, 4) is 5.75 Å². The third kappa shape index (κ3) is 4.22. The summed E-state index contributed by atoms with van der Waals surface area (Å²) >= 11 is 0. The van der Waals surface area contributed by atoms with E-state index in [1.54, 1.807) is 0 Å². The molecule has 0 amide bonds. The van der Waals surface area contributed by atoms with Gasteiger partial charge in [-0.25, -0.2) is 0 Å². The highest BCUT2D eigenvalue weighted by molar-refractivity contribution is 5.27. The molecule has 1 heterocycles. The SMILES string of the molecule is Cc1cccc(OC2CN([C@@H](C)CCN(C)C)C2)c1. The molecule has 1 aliphatic rings. The molecule has 1 atom stereocenters. The summed E-state index contributed by atoms with van der Waals surface area (Å²) in [4.78, 5) is 4.75. The van der Waals surface area contributed by atoms with Gasteiger partial charge >= 0.3 is 0 Å². The molecule has 0 saturated carbocycles. The summed E-state index contributed by atoms with van der Waals surface area (Å²) in [5.41, 5.74) is 1.26. The molecular formula is C16H26N2O. The molecular weight excluding hydrogens is 236 g/mol. The monoisotopic (exact) mass is 262 g/mol. The summed E-state index contributed by atoms with van der Waals surface area (Å²) in [5, 5.41) is 0. The maximum atomic E-state index is 5.99. The Balaban J connectivity index is 1.71. The summed E-state index contributed by atoms with van der Waals surface area (Å²) in [6.07, 6.45) is 1.59. The number of rotatable bonds is 6. The Morgan fingerprint density at radius 2 is 2.11 bits per heavy atom. The number of hydrogen-bond donors (Lipinski definition) is 0. The summed E-state index contributed by atoms with van der Waals surface area (Å²) in [6, 6.07) is 8.97. The second-order valence-corrected chi connectivity index (χ2v) is 5.95. The summed E-state index contributed by atoms with van der Waals surface area (Å²) in [7, 11) is 4.26. The fraction of sp³-hybridized carbons (Fsp3) is 0.625. The Morgan fingerprint density at radius 3 is 2.74 bits per heavy atom. The lowest BCUT2D eigenvalue weighted by Gasteiger charge is -2.43. The van der Waals surface area contributed by atoms with Crippen LogP contribution in [0.4, 0.5) is 0 Å². The summed E-state index contributed by atoms with van der Waals surface area (Å²) in [5.74, 6) is 1.01. The molecule has 3 heteroatoms. The maximum Gasteiger partial charge on any atom is 0.124 e. The van der Waals surface area contributed by atoms with E-state index in [1.807, 2.05) is 6.07 Å². The van der Waals surface area contributed by atoms with Gasteiger partial charge in [-0.2, -0.15) is 0 Å². The third-order valence-electron chi connectivity index (χ3n) is 3.79. The molecule has 0 bridgehead atoms. The van der Waals surface area contributed by atoms with Crippen molar-refractivity contribution in [3.63, 3.8) is 0 Å². The molecule has 1 aliphatic heterocycles. The predicted molar refractivity (Wildman–Crippen MR) is 79.8 cm³/mol. The van der Waals surface area contributed by atoms with Crippen molar-refractivity contribution in [1.29, 1.82) is 0 Å². The summed E-state index contributed by atoms with van der Waals surface area (Å²) in [6.45, 7) is 7.68. The lowest BCUT2D eigenvalue weighted by Crippen LogP contribution is -2.57. The number of benzene rings is 1. The first-order chi connectivity index (χ1) is 9.04. The first-order valence-corrected chi connectivity index (χ1v) is 7.16. The van der Waals surface area contributed by atoms with E-state index < -0.39 is 0 Å². The average Bonchev–Trinajstić information content (AvgIpc) is 2.30. The van der Waals surface area contributed by atoms with Crippen molar-refractivity contribution in [2.24, 2.45) is 0 Å². The van der Waals surface area contributed by atoms with Crippen LogP contribution in [0.3, 0.4) is 0 Å². The Labute approximate surface area is 117 Å². The van der Waals surface area contributed by atoms with E-state index in [-0.39, 0.29) is 0 Å². The van der Waals surface area contributed by atoms with Gasteiger partial charge in [0.25, 0.3) is 0 Å². The second kappa shape index (κ2) is 6.40. The van der Waals surface area contributed by atoms with Crippen molar-refractivity contribution in [2.45, 2.75) is 32.4 Å². The Morgan fingerprint density at radius 1 is 1.37 bits per heavy atom. The van der Waals surface area contributed by atoms with Gasteiger partial charge in [-0.1, -0.05) is 12.1 Å². The van der Waals surface area contributed by atoms with Gasteiger partial charge < -0.3 is 9.64 Å². The van der Waals surface area contributed by atoms with Gasteiger partial charge in [0.1, 0.15) is 11.9 Å². The van der Waals surface area contributed by atoms with E-state index in [1.165, 1.54) is 12.0 Å². The van der Waals surface area contributed by atoms with Gasteiger partial charge in [-0.3, -0.25) is 4.90 Å². The van der Waals surface area contributed by atoms with Crippen molar-refractivity contribution >= 4 is 0 Å². The average molecular weight is 262 g/mol. The molecule has 1 aromatic carbocycles. The van der Waals surface area contributed by atoms with Gasteiger partial charge in [-0.05, 0) is 58.6 Å². The van der Waals surface area contributed by atoms with Crippen LogP contribution in [0.15, 0.2) is 24.3 Å². The van der Waals surface area contributed by atoms with Gasteiger partial charge in [0.05, 0.1) is 0 Å². The highest BCUT2D eigenvalue weighted by Crippen LogP contribution is 2.21. The molecule has 0 unspecified atom stereocenters. The lowest BCUT2D eigenvalue weighted by atomic mass is 10.1. The van der Waals surface area contributed by atoms with Crippen molar-refractivity contribution in [2.75, 3.05) is 33.7 Å². The van der Waals surface area contributed by atoms with E-state index in [0.29, 0.717) is 12.1 Å². The fourth-order valence-corrected chi connectivity index (χ4v) is 2.41. The molecule has 0 spiro atoms. The largest absolute Gasteiger partial charge is 0.488 e. The minimum Gasteiger partial charge on any atom is -0.488 e. The molecule has 1 saturated heterocycles. The molecule has 3 nitrogen and oxygen atoms in total. The van der Waals surface area contributed by atoms with Gasteiger partial charge in [0.2, 0.25) is 0 Å². The number of aryl methyl sites for hydroxylation is 1. The zero-order valence-corrected chi connectivity index (χ0v) is 12.6. The molecule has 1 aromatic rings. The quantitative estimate of drug-likeness (QED) is 0.783. The highest BCUT2D eigenvalue weighted by atomic mass is 16.5. The fourth-order valence-electron chi connectivity index (χ4n) is 2.41. The van der Waals surface area contributed by atoms with Crippen LogP contribution in [0.1, 0.15) is 18.9 Å². The molecule has 106 valence electrons. The third-order valence-corrected chi connectivity index (χ3v) is 3.79. The Hall–Kier alpha value is -1.06. The number of nitrogens with zero attached hydrogens (tertiary/aromatic N) is 2. The van der Waals surface area contributed by atoms with Gasteiger partial charge in [0, 0.05) is 19.1 Å². The van der Waals surface area contributed by atoms with Crippen LogP contribution < -0.4 is 4.74 Å². The van der Waals surface area contributed by atoms with Crippen LogP contribution in [-0.2, 0) is 0 Å². The molecule has 1 fully saturated rings. The van der Waals surface area contributed by atoms with Crippen LogP contribution in [-0.4, -0.2) is 55.7 Å². The predicted octanol–water partition coefficient (Wildman–Crippen LogP) is 2.40. The molecule has 0 aromatic heterocycles. The Bertz CT molecular complexity index is 399. The van der Waals surface area contributed by atoms with E-state index in [2.05, 4.69) is 55.9 Å². The molecule has 19 heavy (non-hydrogen) atoms. The zero-order chi connectivity index (χ0) is 13.8. The first-order valence-electron chi connectivity index (χ1n) is 7.16. The number of hydrogen-bond acceptors (Lipinski definition) is 3. The van der Waals surface area contributed by atoms with Gasteiger partial charge in [-0.15, -0.1) is 0 Å². The van der Waals surface area contributed by atoms with E-state index in [4.69, 9.17) is 4.74 Å². The lowest BCUT2D eigenvalue weighted by molar-refractivity contribution is -0.00783. The number of likely N-dealkylation sites (tertiary alicyclic amines) is 1. The van der Waals surface area contributed by atoms with Crippen LogP contribution >= 0.6 is 0 Å². The standard InChI is InChI=1S/C16H26N2O/c1-13-6-5-7-15(10-13)19-16-11-18(12-16)14(2)8-9-17(3)4/h5-7,10,14,16H,8-9,11-12H2,1-4H3/t14-/m0/s1. The van der Waals surface area contributed by atoms with Crippen LogP contribution in [0.2, 0.25) is 0 Å². The van der Waals surface area contributed by atoms with E-state index in [9.17, 15) is 0 Å². The van der Waals surface area contributed by atoms with Crippen molar-refractivity contribution in [1.82, 2.24) is 9.80 Å². The zero-order valence-electron chi connectivity index (χ0n) is 12.6. The smallest absolute Gasteiger partial charge is 0.124 e. The van der Waals surface area contributed by atoms with Crippen molar-refractivity contribution in [3.05, 3.63) is 29.8 Å². The Kier molecular flexibility index (Phi) is 4.83. The van der Waals surface area contributed by atoms with Crippen LogP contribution in [0.25, 0.3) is 0 Å². The maximum absolute atomic E-state index is 5.99. The van der Waals surface area contributed by atoms with Crippen molar-refractivity contribution < 1.29 is 4.74 Å². The van der Waals surface area contributed by atoms with Crippen LogP contribution in [0, 0.1) is 6.92 Å². The normalized spacial score (nSPS) is 18.4. The van der Waals surface area contributed by atoms with E-state index in [0.717, 1.165) is 25.4 Å².